The highest BCUT2D eigenvalue weighted by atomic mass is 32.1. The monoisotopic (exact) mass is 479 g/mol. The van der Waals surface area contributed by atoms with E-state index in [1.807, 2.05) is 30.3 Å². The Hall–Kier alpha value is -2.58. The van der Waals surface area contributed by atoms with E-state index in [1.165, 1.54) is 25.0 Å². The number of nitrogens with one attached hydrogen (secondary N) is 1. The summed E-state index contributed by atoms with van der Waals surface area (Å²) in [5.41, 5.74) is 0.640. The number of nitrogens with zero attached hydrogens (tertiary/aromatic N) is 2. The summed E-state index contributed by atoms with van der Waals surface area (Å²) in [5, 5.41) is 3.33. The third-order valence-electron chi connectivity index (χ3n) is 5.14. The molecule has 2 aromatic carbocycles. The Labute approximate surface area is 200 Å². The highest BCUT2D eigenvalue weighted by molar-refractivity contribution is 7.80. The van der Waals surface area contributed by atoms with Gasteiger partial charge in [-0.3, -0.25) is 0 Å². The lowest BCUT2D eigenvalue weighted by atomic mass is 10.2. The van der Waals surface area contributed by atoms with Crippen molar-refractivity contribution in [2.75, 3.05) is 44.0 Å². The maximum absolute atomic E-state index is 12.7. The quantitative estimate of drug-likeness (QED) is 0.210. The van der Waals surface area contributed by atoms with Gasteiger partial charge in [-0.2, -0.15) is 13.2 Å². The Morgan fingerprint density at radius 1 is 1.00 bits per heavy atom. The molecule has 0 bridgehead atoms. The minimum atomic E-state index is -4.36. The van der Waals surface area contributed by atoms with Gasteiger partial charge in [0.25, 0.3) is 0 Å². The minimum absolute atomic E-state index is 0.377. The summed E-state index contributed by atoms with van der Waals surface area (Å²) >= 11 is 5.38. The maximum Gasteiger partial charge on any atom is 0.416 e. The number of alkyl halides is 3. The first-order valence-electron chi connectivity index (χ1n) is 10.9. The predicted molar refractivity (Wildman–Crippen MR) is 134 cm³/mol. The number of unbranched alkanes of at least 4 members (excludes halogenated alkanes) is 3. The van der Waals surface area contributed by atoms with Crippen LogP contribution in [0.15, 0.2) is 61.2 Å². The van der Waals surface area contributed by atoms with Gasteiger partial charge in [0.2, 0.25) is 0 Å². The van der Waals surface area contributed by atoms with Gasteiger partial charge in [-0.15, -0.1) is 6.58 Å². The zero-order chi connectivity index (χ0) is 24.3. The van der Waals surface area contributed by atoms with Gasteiger partial charge in [-0.05, 0) is 87.2 Å². The fraction of sp³-hybridized carbons (Fsp3) is 0.400. The second kappa shape index (κ2) is 13.2. The SMILES string of the molecule is C=CCN(C)CCCCCCOc1ccc(N(C)C(=S)Nc2ccc(C(F)(F)F)cc2)cc1. The maximum atomic E-state index is 12.7. The topological polar surface area (TPSA) is 27.7 Å². The van der Waals surface area contributed by atoms with E-state index >= 15 is 0 Å². The normalized spacial score (nSPS) is 11.3. The van der Waals surface area contributed by atoms with Crippen LogP contribution in [-0.4, -0.2) is 43.8 Å². The molecule has 0 unspecified atom stereocenters. The number of ether oxygens (including phenoxy) is 1. The van der Waals surface area contributed by atoms with Gasteiger partial charge in [0.15, 0.2) is 5.11 Å². The molecule has 8 heteroatoms. The number of hydrogen-bond acceptors (Lipinski definition) is 3. The molecule has 0 aromatic heterocycles. The number of thiocarbonyl (C=S) groups is 1. The van der Waals surface area contributed by atoms with Gasteiger partial charge < -0.3 is 19.9 Å². The summed E-state index contributed by atoms with van der Waals surface area (Å²) in [5.74, 6) is 0.791. The molecule has 0 heterocycles. The number of hydrogen-bond donors (Lipinski definition) is 1. The van der Waals surface area contributed by atoms with E-state index in [2.05, 4.69) is 23.8 Å². The van der Waals surface area contributed by atoms with Crippen LogP contribution in [0.2, 0.25) is 0 Å². The lowest BCUT2D eigenvalue weighted by Gasteiger charge is -2.21. The van der Waals surface area contributed by atoms with Crippen molar-refractivity contribution in [1.82, 2.24) is 4.90 Å². The first-order valence-corrected chi connectivity index (χ1v) is 11.4. The number of anilines is 2. The van der Waals surface area contributed by atoms with Crippen molar-refractivity contribution in [2.45, 2.75) is 31.9 Å². The highest BCUT2D eigenvalue weighted by Crippen LogP contribution is 2.30. The Bertz CT molecular complexity index is 870. The molecule has 0 saturated carbocycles. The van der Waals surface area contributed by atoms with Gasteiger partial charge >= 0.3 is 6.18 Å². The molecule has 1 N–H and O–H groups in total. The molecule has 0 fully saturated rings. The van der Waals surface area contributed by atoms with Gasteiger partial charge in [0, 0.05) is 25.0 Å². The van der Waals surface area contributed by atoms with Crippen molar-refractivity contribution in [3.05, 3.63) is 66.7 Å². The van der Waals surface area contributed by atoms with Crippen molar-refractivity contribution >= 4 is 28.7 Å². The fourth-order valence-corrected chi connectivity index (χ4v) is 3.40. The average molecular weight is 480 g/mol. The second-order valence-corrected chi connectivity index (χ2v) is 8.26. The third kappa shape index (κ3) is 9.43. The second-order valence-electron chi connectivity index (χ2n) is 7.87. The van der Waals surface area contributed by atoms with Crippen LogP contribution < -0.4 is 15.0 Å². The zero-order valence-electron chi connectivity index (χ0n) is 19.2. The van der Waals surface area contributed by atoms with E-state index in [4.69, 9.17) is 17.0 Å². The van der Waals surface area contributed by atoms with E-state index in [9.17, 15) is 13.2 Å². The van der Waals surface area contributed by atoms with Crippen LogP contribution in [0.5, 0.6) is 5.75 Å². The molecule has 4 nitrogen and oxygen atoms in total. The average Bonchev–Trinajstić information content (AvgIpc) is 2.78. The largest absolute Gasteiger partial charge is 0.494 e. The molecule has 0 saturated heterocycles. The van der Waals surface area contributed by atoms with Gasteiger partial charge in [0.05, 0.1) is 12.2 Å². The molecule has 0 spiro atoms. The van der Waals surface area contributed by atoms with Crippen molar-refractivity contribution in [3.8, 4) is 5.75 Å². The molecule has 0 aliphatic carbocycles. The van der Waals surface area contributed by atoms with Crippen LogP contribution in [0.3, 0.4) is 0 Å². The third-order valence-corrected chi connectivity index (χ3v) is 5.51. The zero-order valence-corrected chi connectivity index (χ0v) is 20.0. The van der Waals surface area contributed by atoms with Crippen molar-refractivity contribution in [2.24, 2.45) is 0 Å². The molecular formula is C25H32F3N3OS. The minimum Gasteiger partial charge on any atom is -0.494 e. The number of likely N-dealkylation sites (N-methyl/N-ethyl adjacent to an activating group) is 1. The molecule has 2 aromatic rings. The van der Waals surface area contributed by atoms with Crippen LogP contribution in [0.4, 0.5) is 24.5 Å². The summed E-state index contributed by atoms with van der Waals surface area (Å²) in [6, 6.07) is 12.3. The summed E-state index contributed by atoms with van der Waals surface area (Å²) in [6.07, 6.45) is 2.05. The summed E-state index contributed by atoms with van der Waals surface area (Å²) in [6.45, 7) is 6.42. The number of halogens is 3. The van der Waals surface area contributed by atoms with Gasteiger partial charge in [-0.25, -0.2) is 0 Å². The molecule has 33 heavy (non-hydrogen) atoms. The molecule has 0 aliphatic rings. The molecule has 0 aliphatic heterocycles. The van der Waals surface area contributed by atoms with E-state index in [0.29, 0.717) is 17.4 Å². The van der Waals surface area contributed by atoms with E-state index in [-0.39, 0.29) is 0 Å². The lowest BCUT2D eigenvalue weighted by Crippen LogP contribution is -2.30. The van der Waals surface area contributed by atoms with Crippen LogP contribution in [0, 0.1) is 0 Å². The summed E-state index contributed by atoms with van der Waals surface area (Å²) in [7, 11) is 3.89. The number of benzene rings is 2. The molecular weight excluding hydrogens is 447 g/mol. The Morgan fingerprint density at radius 3 is 2.24 bits per heavy atom. The standard InChI is InChI=1S/C25H32F3N3OS/c1-4-17-30(2)18-7-5-6-8-19-32-23-15-13-22(14-16-23)31(3)24(33)29-21-11-9-20(10-12-21)25(26,27)28/h4,9-16H,1,5-8,17-19H2,2-3H3,(H,29,33). The molecule has 180 valence electrons. The Kier molecular flexibility index (Phi) is 10.7. The van der Waals surface area contributed by atoms with E-state index < -0.39 is 11.7 Å². The van der Waals surface area contributed by atoms with Gasteiger partial charge in [0.1, 0.15) is 5.75 Å². The van der Waals surface area contributed by atoms with Crippen LogP contribution in [0.1, 0.15) is 31.2 Å². The summed E-state index contributed by atoms with van der Waals surface area (Å²) < 4.78 is 43.9. The molecule has 0 radical (unpaired) electrons. The van der Waals surface area contributed by atoms with E-state index in [1.54, 1.807) is 11.9 Å². The van der Waals surface area contributed by atoms with Crippen LogP contribution in [-0.2, 0) is 6.18 Å². The summed E-state index contributed by atoms with van der Waals surface area (Å²) in [4.78, 5) is 4.01. The Balaban J connectivity index is 1.72. The number of rotatable bonds is 12. The highest BCUT2D eigenvalue weighted by Gasteiger charge is 2.29. The van der Waals surface area contributed by atoms with Crippen molar-refractivity contribution in [1.29, 1.82) is 0 Å². The first kappa shape index (κ1) is 26.7. The van der Waals surface area contributed by atoms with E-state index in [0.717, 1.165) is 49.5 Å². The van der Waals surface area contributed by atoms with Crippen molar-refractivity contribution < 1.29 is 17.9 Å². The lowest BCUT2D eigenvalue weighted by molar-refractivity contribution is -0.137. The smallest absolute Gasteiger partial charge is 0.416 e. The van der Waals surface area contributed by atoms with Crippen LogP contribution in [0.25, 0.3) is 0 Å². The van der Waals surface area contributed by atoms with Crippen molar-refractivity contribution in [3.63, 3.8) is 0 Å². The molecule has 0 atom stereocenters. The molecule has 0 amide bonds. The predicted octanol–water partition coefficient (Wildman–Crippen LogP) is 6.60. The first-order chi connectivity index (χ1) is 15.7. The van der Waals surface area contributed by atoms with Crippen LogP contribution >= 0.6 is 12.2 Å². The molecule has 2 rings (SSSR count). The van der Waals surface area contributed by atoms with Gasteiger partial charge in [-0.1, -0.05) is 18.9 Å². The fourth-order valence-electron chi connectivity index (χ4n) is 3.17. The Morgan fingerprint density at radius 2 is 1.64 bits per heavy atom.